The predicted molar refractivity (Wildman–Crippen MR) is 80.8 cm³/mol. The normalized spacial score (nSPS) is 20.6. The molecule has 0 radical (unpaired) electrons. The zero-order valence-electron chi connectivity index (χ0n) is 12.7. The van der Waals surface area contributed by atoms with Crippen LogP contribution in [0.1, 0.15) is 37.3 Å². The molecular formula is C16H22F2N2O. The molecule has 0 heterocycles. The molecule has 3 nitrogen and oxygen atoms in total. The smallest absolute Gasteiger partial charge is 0.248 e. The topological polar surface area (TPSA) is 55.5 Å². The number of hydrogen-bond acceptors (Lipinski definition) is 2. The summed E-state index contributed by atoms with van der Waals surface area (Å²) in [5.41, 5.74) is 7.81. The summed E-state index contributed by atoms with van der Waals surface area (Å²) in [6.45, 7) is 3.43. The molecule has 1 fully saturated rings. The van der Waals surface area contributed by atoms with Gasteiger partial charge >= 0.3 is 0 Å². The molecule has 21 heavy (non-hydrogen) atoms. The summed E-state index contributed by atoms with van der Waals surface area (Å²) in [6, 6.07) is 7.98. The lowest BCUT2D eigenvalue weighted by Gasteiger charge is -2.06. The number of halogens is 2. The first kappa shape index (κ1) is 17.3. The van der Waals surface area contributed by atoms with Crippen molar-refractivity contribution >= 4 is 11.6 Å². The zero-order chi connectivity index (χ0) is 16.0. The third kappa shape index (κ3) is 5.61. The standard InChI is InChI=1S/C9H12N2.C7H10F2O/c1-7-3-5-8(6-4-7)9(10)11-2;1-5(10)6-2-3-7(8,9)4-6/h3-6H,1-2H3,(H2,10,11);6H,2-4H2,1H3. The molecule has 1 aromatic carbocycles. The Morgan fingerprint density at radius 3 is 2.24 bits per heavy atom. The van der Waals surface area contributed by atoms with E-state index in [0.29, 0.717) is 12.3 Å². The highest BCUT2D eigenvalue weighted by atomic mass is 19.3. The third-order valence-electron chi connectivity index (χ3n) is 3.57. The van der Waals surface area contributed by atoms with E-state index in [1.807, 2.05) is 31.2 Å². The van der Waals surface area contributed by atoms with Gasteiger partial charge in [0.2, 0.25) is 5.92 Å². The van der Waals surface area contributed by atoms with Gasteiger partial charge in [0.1, 0.15) is 11.6 Å². The number of amidine groups is 1. The predicted octanol–water partition coefficient (Wildman–Crippen LogP) is 3.34. The Morgan fingerprint density at radius 1 is 1.33 bits per heavy atom. The van der Waals surface area contributed by atoms with Crippen LogP contribution in [0.4, 0.5) is 8.78 Å². The van der Waals surface area contributed by atoms with Crippen LogP contribution in [0, 0.1) is 12.8 Å². The van der Waals surface area contributed by atoms with Crippen molar-refractivity contribution in [3.63, 3.8) is 0 Å². The molecule has 0 amide bonds. The highest BCUT2D eigenvalue weighted by Gasteiger charge is 2.40. The lowest BCUT2D eigenvalue weighted by Crippen LogP contribution is -2.12. The summed E-state index contributed by atoms with van der Waals surface area (Å²) in [6.07, 6.45) is 0.0158. The van der Waals surface area contributed by atoms with Gasteiger partial charge in [-0.15, -0.1) is 0 Å². The van der Waals surface area contributed by atoms with Crippen molar-refractivity contribution < 1.29 is 13.6 Å². The summed E-state index contributed by atoms with van der Waals surface area (Å²) in [4.78, 5) is 14.5. The van der Waals surface area contributed by atoms with Gasteiger partial charge in [-0.3, -0.25) is 9.79 Å². The Hall–Kier alpha value is -1.78. The van der Waals surface area contributed by atoms with Gasteiger partial charge < -0.3 is 5.73 Å². The fraction of sp³-hybridized carbons (Fsp3) is 0.500. The molecule has 0 aromatic heterocycles. The number of carbonyl (C=O) groups excluding carboxylic acids is 1. The first-order valence-corrected chi connectivity index (χ1v) is 6.93. The fourth-order valence-corrected chi connectivity index (χ4v) is 2.15. The second-order valence-corrected chi connectivity index (χ2v) is 5.38. The van der Waals surface area contributed by atoms with Crippen molar-refractivity contribution in [2.45, 2.75) is 39.0 Å². The minimum atomic E-state index is -2.57. The number of alkyl halides is 2. The van der Waals surface area contributed by atoms with Crippen LogP contribution in [0.2, 0.25) is 0 Å². The van der Waals surface area contributed by atoms with Crippen LogP contribution in [0.25, 0.3) is 0 Å². The number of carbonyl (C=O) groups is 1. The molecule has 0 spiro atoms. The average Bonchev–Trinajstić information content (AvgIpc) is 2.80. The molecule has 5 heteroatoms. The van der Waals surface area contributed by atoms with E-state index in [9.17, 15) is 13.6 Å². The number of nitrogens with zero attached hydrogens (tertiary/aromatic N) is 1. The first-order valence-electron chi connectivity index (χ1n) is 6.93. The largest absolute Gasteiger partial charge is 0.384 e. The Balaban J connectivity index is 0.000000211. The van der Waals surface area contributed by atoms with Crippen LogP contribution in [-0.4, -0.2) is 24.6 Å². The van der Waals surface area contributed by atoms with Crippen LogP contribution in [-0.2, 0) is 4.79 Å². The van der Waals surface area contributed by atoms with Gasteiger partial charge in [0, 0.05) is 31.4 Å². The Labute approximate surface area is 124 Å². The summed E-state index contributed by atoms with van der Waals surface area (Å²) < 4.78 is 24.8. The van der Waals surface area contributed by atoms with E-state index in [4.69, 9.17) is 5.73 Å². The molecule has 1 aliphatic rings. The SMILES string of the molecule is CC(=O)C1CCC(F)(F)C1.CN=C(N)c1ccc(C)cc1. The molecule has 1 unspecified atom stereocenters. The van der Waals surface area contributed by atoms with Crippen molar-refractivity contribution in [3.8, 4) is 0 Å². The maximum absolute atomic E-state index is 12.4. The van der Waals surface area contributed by atoms with Crippen LogP contribution >= 0.6 is 0 Å². The molecule has 1 aromatic rings. The highest BCUT2D eigenvalue weighted by molar-refractivity contribution is 5.97. The fourth-order valence-electron chi connectivity index (χ4n) is 2.15. The number of rotatable bonds is 2. The summed E-state index contributed by atoms with van der Waals surface area (Å²) in [7, 11) is 1.69. The number of nitrogens with two attached hydrogens (primary N) is 1. The van der Waals surface area contributed by atoms with E-state index in [-0.39, 0.29) is 24.5 Å². The van der Waals surface area contributed by atoms with Crippen LogP contribution in [0.15, 0.2) is 29.3 Å². The number of Topliss-reactive ketones (excluding diaryl/α,β-unsaturated/α-hetero) is 1. The van der Waals surface area contributed by atoms with E-state index in [1.165, 1.54) is 12.5 Å². The van der Waals surface area contributed by atoms with Gasteiger partial charge in [-0.2, -0.15) is 0 Å². The third-order valence-corrected chi connectivity index (χ3v) is 3.57. The van der Waals surface area contributed by atoms with Gasteiger partial charge in [0.25, 0.3) is 0 Å². The van der Waals surface area contributed by atoms with E-state index in [0.717, 1.165) is 5.56 Å². The molecule has 0 saturated heterocycles. The Morgan fingerprint density at radius 2 is 1.90 bits per heavy atom. The number of hydrogen-bond donors (Lipinski definition) is 1. The van der Waals surface area contributed by atoms with E-state index in [2.05, 4.69) is 4.99 Å². The first-order chi connectivity index (χ1) is 9.75. The minimum absolute atomic E-state index is 0.0998. The molecule has 0 aliphatic heterocycles. The van der Waals surface area contributed by atoms with Gasteiger partial charge in [0.05, 0.1) is 0 Å². The lowest BCUT2D eigenvalue weighted by atomic mass is 10.0. The zero-order valence-corrected chi connectivity index (χ0v) is 12.7. The average molecular weight is 296 g/mol. The quantitative estimate of drug-likeness (QED) is 0.672. The molecule has 116 valence electrons. The van der Waals surface area contributed by atoms with Gasteiger partial charge in [0.15, 0.2) is 0 Å². The summed E-state index contributed by atoms with van der Waals surface area (Å²) in [5.74, 6) is -2.46. The monoisotopic (exact) mass is 296 g/mol. The van der Waals surface area contributed by atoms with E-state index < -0.39 is 5.92 Å². The van der Waals surface area contributed by atoms with Gasteiger partial charge in [-0.1, -0.05) is 29.8 Å². The lowest BCUT2D eigenvalue weighted by molar-refractivity contribution is -0.121. The van der Waals surface area contributed by atoms with Crippen LogP contribution in [0.5, 0.6) is 0 Å². The minimum Gasteiger partial charge on any atom is -0.384 e. The van der Waals surface area contributed by atoms with Crippen molar-refractivity contribution in [3.05, 3.63) is 35.4 Å². The summed E-state index contributed by atoms with van der Waals surface area (Å²) in [5, 5.41) is 0. The van der Waals surface area contributed by atoms with Gasteiger partial charge in [-0.05, 0) is 20.3 Å². The van der Waals surface area contributed by atoms with Crippen LogP contribution < -0.4 is 5.73 Å². The number of benzene rings is 1. The second kappa shape index (κ2) is 7.29. The van der Waals surface area contributed by atoms with E-state index in [1.54, 1.807) is 7.05 Å². The number of ketones is 1. The van der Waals surface area contributed by atoms with Crippen molar-refractivity contribution in [1.82, 2.24) is 0 Å². The molecule has 2 N–H and O–H groups in total. The molecule has 1 atom stereocenters. The van der Waals surface area contributed by atoms with Crippen molar-refractivity contribution in [2.24, 2.45) is 16.6 Å². The van der Waals surface area contributed by atoms with Crippen molar-refractivity contribution in [1.29, 1.82) is 0 Å². The van der Waals surface area contributed by atoms with Crippen molar-refractivity contribution in [2.75, 3.05) is 7.05 Å². The Bertz CT molecular complexity index is 510. The summed E-state index contributed by atoms with van der Waals surface area (Å²) >= 11 is 0. The number of aryl methyl sites for hydroxylation is 1. The number of aliphatic imine (C=N–C) groups is 1. The molecule has 1 aliphatic carbocycles. The highest BCUT2D eigenvalue weighted by Crippen LogP contribution is 2.38. The maximum atomic E-state index is 12.4. The maximum Gasteiger partial charge on any atom is 0.248 e. The molecule has 1 saturated carbocycles. The Kier molecular flexibility index (Phi) is 6.00. The van der Waals surface area contributed by atoms with Crippen LogP contribution in [0.3, 0.4) is 0 Å². The molecule has 2 rings (SSSR count). The second-order valence-electron chi connectivity index (χ2n) is 5.38. The van der Waals surface area contributed by atoms with Gasteiger partial charge in [-0.25, -0.2) is 8.78 Å². The van der Waals surface area contributed by atoms with E-state index >= 15 is 0 Å². The molecule has 0 bridgehead atoms. The molecular weight excluding hydrogens is 274 g/mol.